The maximum Gasteiger partial charge on any atom is 0.308 e. The predicted octanol–water partition coefficient (Wildman–Crippen LogP) is 2.91. The summed E-state index contributed by atoms with van der Waals surface area (Å²) in [6, 6.07) is 9.86. The summed E-state index contributed by atoms with van der Waals surface area (Å²) in [5, 5.41) is 12.2. The van der Waals surface area contributed by atoms with E-state index in [1.54, 1.807) is 12.1 Å². The van der Waals surface area contributed by atoms with Gasteiger partial charge in [0.2, 0.25) is 0 Å². The molecule has 0 saturated heterocycles. The number of nitrogens with zero attached hydrogens (tertiary/aromatic N) is 2. The molecule has 1 aromatic carbocycles. The maximum atomic E-state index is 12.8. The summed E-state index contributed by atoms with van der Waals surface area (Å²) in [5.41, 5.74) is 0.937. The minimum absolute atomic E-state index is 0.0671. The Kier molecular flexibility index (Phi) is 4.24. The van der Waals surface area contributed by atoms with Crippen molar-refractivity contribution in [1.82, 2.24) is 15.5 Å². The zero-order chi connectivity index (χ0) is 15.4. The second-order valence-electron chi connectivity index (χ2n) is 4.52. The lowest BCUT2D eigenvalue weighted by atomic mass is 10.1. The Bertz CT molecular complexity index is 753. The van der Waals surface area contributed by atoms with Crippen LogP contribution in [0, 0.1) is 5.82 Å². The van der Waals surface area contributed by atoms with Gasteiger partial charge in [-0.1, -0.05) is 18.2 Å². The fourth-order valence-corrected chi connectivity index (χ4v) is 2.51. The van der Waals surface area contributed by atoms with Gasteiger partial charge in [-0.2, -0.15) is 0 Å². The van der Waals surface area contributed by atoms with E-state index in [2.05, 4.69) is 15.5 Å². The van der Waals surface area contributed by atoms with Crippen LogP contribution >= 0.6 is 11.3 Å². The molecule has 0 atom stereocenters. The molecule has 3 rings (SSSR count). The molecule has 112 valence electrons. The van der Waals surface area contributed by atoms with Crippen LogP contribution in [0.3, 0.4) is 0 Å². The third-order valence-electron chi connectivity index (χ3n) is 2.96. The van der Waals surface area contributed by atoms with Crippen LogP contribution in [0.1, 0.15) is 16.2 Å². The first kappa shape index (κ1) is 14.4. The monoisotopic (exact) mass is 317 g/mol. The largest absolute Gasteiger partial charge is 0.411 e. The number of amides is 1. The van der Waals surface area contributed by atoms with Crippen molar-refractivity contribution in [3.05, 3.63) is 59.0 Å². The molecular formula is C15H12FN3O2S. The van der Waals surface area contributed by atoms with Gasteiger partial charge in [0.25, 0.3) is 5.89 Å². The van der Waals surface area contributed by atoms with Crippen LogP contribution in [0.25, 0.3) is 10.8 Å². The van der Waals surface area contributed by atoms with Crippen molar-refractivity contribution in [1.29, 1.82) is 0 Å². The molecule has 0 aliphatic carbocycles. The second kappa shape index (κ2) is 6.48. The summed E-state index contributed by atoms with van der Waals surface area (Å²) in [6.45, 7) is 0.404. The molecule has 22 heavy (non-hydrogen) atoms. The average Bonchev–Trinajstić information content (AvgIpc) is 3.20. The highest BCUT2D eigenvalue weighted by molar-refractivity contribution is 7.13. The lowest BCUT2D eigenvalue weighted by molar-refractivity contribution is 0.0920. The van der Waals surface area contributed by atoms with E-state index in [4.69, 9.17) is 4.42 Å². The third kappa shape index (κ3) is 3.37. The van der Waals surface area contributed by atoms with E-state index in [0.29, 0.717) is 18.9 Å². The van der Waals surface area contributed by atoms with Gasteiger partial charge in [-0.15, -0.1) is 21.5 Å². The van der Waals surface area contributed by atoms with Crippen LogP contribution in [0.5, 0.6) is 0 Å². The first-order chi connectivity index (χ1) is 10.7. The lowest BCUT2D eigenvalue weighted by Crippen LogP contribution is -2.26. The molecule has 3 aromatic rings. The molecule has 0 saturated carbocycles. The van der Waals surface area contributed by atoms with Crippen molar-refractivity contribution in [2.24, 2.45) is 0 Å². The molecule has 7 heteroatoms. The van der Waals surface area contributed by atoms with E-state index in [1.807, 2.05) is 17.5 Å². The Morgan fingerprint density at radius 3 is 2.77 bits per heavy atom. The Balaban J connectivity index is 1.55. The van der Waals surface area contributed by atoms with Gasteiger partial charge in [-0.05, 0) is 35.6 Å². The number of thiophene rings is 1. The van der Waals surface area contributed by atoms with Gasteiger partial charge < -0.3 is 9.73 Å². The van der Waals surface area contributed by atoms with Crippen LogP contribution in [0.2, 0.25) is 0 Å². The first-order valence-corrected chi connectivity index (χ1v) is 7.50. The van der Waals surface area contributed by atoms with Gasteiger partial charge in [0.1, 0.15) is 5.82 Å². The van der Waals surface area contributed by atoms with Crippen molar-refractivity contribution in [2.45, 2.75) is 6.42 Å². The minimum Gasteiger partial charge on any atom is -0.411 e. The Hall–Kier alpha value is -2.54. The fraction of sp³-hybridized carbons (Fsp3) is 0.133. The number of hydrogen-bond acceptors (Lipinski definition) is 5. The van der Waals surface area contributed by atoms with E-state index in [-0.39, 0.29) is 11.7 Å². The summed E-state index contributed by atoms with van der Waals surface area (Å²) < 4.78 is 18.1. The van der Waals surface area contributed by atoms with E-state index in [0.717, 1.165) is 10.4 Å². The lowest BCUT2D eigenvalue weighted by Gasteiger charge is -2.02. The van der Waals surface area contributed by atoms with Crippen molar-refractivity contribution >= 4 is 17.2 Å². The predicted molar refractivity (Wildman–Crippen MR) is 80.0 cm³/mol. The zero-order valence-electron chi connectivity index (χ0n) is 11.5. The van der Waals surface area contributed by atoms with Gasteiger partial charge in [0, 0.05) is 6.54 Å². The highest BCUT2D eigenvalue weighted by atomic mass is 32.1. The molecule has 0 aliphatic rings. The molecule has 0 bridgehead atoms. The Morgan fingerprint density at radius 2 is 2.05 bits per heavy atom. The number of nitrogens with one attached hydrogen (secondary N) is 1. The summed E-state index contributed by atoms with van der Waals surface area (Å²) >= 11 is 1.46. The second-order valence-corrected chi connectivity index (χ2v) is 5.47. The van der Waals surface area contributed by atoms with Gasteiger partial charge in [-0.25, -0.2) is 4.39 Å². The standard InChI is InChI=1S/C15H12FN3O2S/c16-11-5-3-10(4-6-11)7-8-17-13(20)15-19-18-14(21-15)12-2-1-9-22-12/h1-6,9H,7-8H2,(H,17,20). The highest BCUT2D eigenvalue weighted by Crippen LogP contribution is 2.22. The van der Waals surface area contributed by atoms with Crippen LogP contribution in [0.15, 0.2) is 46.2 Å². The maximum absolute atomic E-state index is 12.8. The number of hydrogen-bond donors (Lipinski definition) is 1. The molecular weight excluding hydrogens is 305 g/mol. The normalized spacial score (nSPS) is 10.6. The first-order valence-electron chi connectivity index (χ1n) is 6.62. The Labute approximate surface area is 129 Å². The van der Waals surface area contributed by atoms with E-state index in [1.165, 1.54) is 23.5 Å². The van der Waals surface area contributed by atoms with Crippen LogP contribution in [0.4, 0.5) is 4.39 Å². The van der Waals surface area contributed by atoms with E-state index in [9.17, 15) is 9.18 Å². The van der Waals surface area contributed by atoms with Gasteiger partial charge in [-0.3, -0.25) is 4.79 Å². The summed E-state index contributed by atoms with van der Waals surface area (Å²) in [7, 11) is 0. The van der Waals surface area contributed by atoms with E-state index < -0.39 is 5.91 Å². The number of halogens is 1. The number of rotatable bonds is 5. The molecule has 1 N–H and O–H groups in total. The quantitative estimate of drug-likeness (QED) is 0.785. The highest BCUT2D eigenvalue weighted by Gasteiger charge is 2.15. The number of carbonyl (C=O) groups is 1. The summed E-state index contributed by atoms with van der Waals surface area (Å²) in [4.78, 5) is 12.7. The smallest absolute Gasteiger partial charge is 0.308 e. The van der Waals surface area contributed by atoms with Crippen molar-refractivity contribution < 1.29 is 13.6 Å². The molecule has 0 radical (unpaired) electrons. The minimum atomic E-state index is -0.419. The zero-order valence-corrected chi connectivity index (χ0v) is 12.3. The molecule has 0 unspecified atom stereocenters. The van der Waals surface area contributed by atoms with E-state index >= 15 is 0 Å². The van der Waals surface area contributed by atoms with Crippen molar-refractivity contribution in [3.63, 3.8) is 0 Å². The number of carbonyl (C=O) groups excluding carboxylic acids is 1. The Morgan fingerprint density at radius 1 is 1.23 bits per heavy atom. The third-order valence-corrected chi connectivity index (χ3v) is 3.82. The molecule has 5 nitrogen and oxygen atoms in total. The SMILES string of the molecule is O=C(NCCc1ccc(F)cc1)c1nnc(-c2cccs2)o1. The molecule has 2 aromatic heterocycles. The molecule has 0 fully saturated rings. The fourth-order valence-electron chi connectivity index (χ4n) is 1.86. The summed E-state index contributed by atoms with van der Waals surface area (Å²) in [6.07, 6.45) is 0.595. The van der Waals surface area contributed by atoms with Crippen LogP contribution < -0.4 is 5.32 Å². The van der Waals surface area contributed by atoms with Gasteiger partial charge in [0.15, 0.2) is 0 Å². The van der Waals surface area contributed by atoms with Crippen molar-refractivity contribution in [3.8, 4) is 10.8 Å². The van der Waals surface area contributed by atoms with Gasteiger partial charge >= 0.3 is 11.8 Å². The molecule has 2 heterocycles. The topological polar surface area (TPSA) is 68.0 Å². The number of aromatic nitrogens is 2. The molecule has 0 spiro atoms. The molecule has 1 amide bonds. The van der Waals surface area contributed by atoms with Crippen molar-refractivity contribution in [2.75, 3.05) is 6.54 Å². The average molecular weight is 317 g/mol. The number of benzene rings is 1. The van der Waals surface area contributed by atoms with Crippen LogP contribution in [-0.2, 0) is 6.42 Å². The van der Waals surface area contributed by atoms with Crippen LogP contribution in [-0.4, -0.2) is 22.6 Å². The molecule has 0 aliphatic heterocycles. The summed E-state index contributed by atoms with van der Waals surface area (Å²) in [5.74, 6) is -0.432. The van der Waals surface area contributed by atoms with Gasteiger partial charge in [0.05, 0.1) is 4.88 Å².